The highest BCUT2D eigenvalue weighted by molar-refractivity contribution is 7.99. The number of nitrogens with zero attached hydrogens (tertiary/aromatic N) is 2. The standard InChI is InChI=1S/2C45H69N11O12S/c2*1-6-25(4)38-44(66)51-28(15-16-34(46)57)40(62)52-31(21-35(47)58)41(63)54-32(23-69-18-8-10-37(60)50-30(42(64)55-38)20-26-11-13-27(68-5)14-12-26)45(67)56-17-7-9-33(56)43(65)53-29(19-24(2)3)39(61)49-22-36(48)59/h2*11-14,24-25,28-33,38H,6-10,15-23H2,1-5H3,(H2,46,57)(H2,47,58)(H2,48,59)(H,49,61)(H,50,60)(H,51,66)(H,52,62)(H,53,65)(H,54,63)(H,55,64)/t25-,28-,29+,30-,31-,32-,33-,38-;25-,28-,29-,30-,31-,32-,33-,38-/m00/s1/i2*2D3/t24?,25-,28-,29+,30-,31-,32-,33-,38-;24?,25-,28-,29-,30-,31-,32-,33-,38-. The summed E-state index contributed by atoms with van der Waals surface area (Å²) in [6, 6.07) is -6.48. The summed E-state index contributed by atoms with van der Waals surface area (Å²) >= 11 is 2.27. The molecule has 2 aromatic rings. The summed E-state index contributed by atoms with van der Waals surface area (Å²) in [5.41, 5.74) is 33.5. The molecule has 46 nitrogen and oxygen atoms in total. The van der Waals surface area contributed by atoms with Crippen molar-refractivity contribution >= 4 is 153 Å². The average Bonchev–Trinajstić information content (AvgIpc) is 1.58. The Morgan fingerprint density at radius 1 is 0.428 bits per heavy atom. The van der Waals surface area contributed by atoms with Crippen LogP contribution in [0.1, 0.15) is 190 Å². The SMILES string of the molecule is [2H]C([2H])([2H])C(C)C[C@@H](NC(=O)[C@@H]1CCCN1C(=O)[C@@H]1CSCCCC(=O)N[C@@H](Cc2ccc(OC)cc2)C(=O)N[C@@H]([C@@H](C)CC)C(=O)N[C@@H](CCC(N)=O)C(=O)N[C@@H](CC(N)=O)C(=O)N1)C(=O)NCC(N)=O.[2H]C([2H])([2H])C(C)C[C@H](NC(=O)[C@@H]1CCCN1C(=O)[C@@H]1CSCCCC(=O)N[C@@H](Cc2ccc(OC)cc2)C(=O)N[C@@H]([C@@H](C)CC)C(=O)N[C@@H](CCC(N)=O)C(=O)N[C@@H](CC(N)=O)C(=O)N1)C(=O)NCC(N)=O. The van der Waals surface area contributed by atoms with E-state index in [4.69, 9.17) is 52.1 Å². The van der Waals surface area contributed by atoms with Crippen LogP contribution in [0.25, 0.3) is 0 Å². The maximum atomic E-state index is 14.5. The van der Waals surface area contributed by atoms with Gasteiger partial charge in [-0.3, -0.25) is 105 Å². The van der Waals surface area contributed by atoms with Crippen LogP contribution in [0.3, 0.4) is 0 Å². The van der Waals surface area contributed by atoms with Crippen molar-refractivity contribution in [3.05, 3.63) is 59.7 Å². The number of carbonyl (C=O) groups excluding carboxylic acids is 22. The maximum Gasteiger partial charge on any atom is 0.246 e. The normalized spacial score (nSPS) is 24.4. The van der Waals surface area contributed by atoms with Gasteiger partial charge in [-0.05, 0) is 135 Å². The molecule has 22 amide bonds. The molecule has 0 aromatic heterocycles. The molecule has 26 N–H and O–H groups in total. The van der Waals surface area contributed by atoms with Crippen LogP contribution in [0.5, 0.6) is 11.5 Å². The van der Waals surface area contributed by atoms with E-state index < -0.39 is 304 Å². The van der Waals surface area contributed by atoms with Gasteiger partial charge in [-0.15, -0.1) is 0 Å². The fraction of sp³-hybridized carbons (Fsp3) is 0.622. The second kappa shape index (κ2) is 58.6. The Morgan fingerprint density at radius 3 is 1.07 bits per heavy atom. The summed E-state index contributed by atoms with van der Waals surface area (Å²) in [5.74, 6) is -21.3. The van der Waals surface area contributed by atoms with E-state index in [1.807, 2.05) is 0 Å². The first-order valence-corrected chi connectivity index (χ1v) is 47.9. The van der Waals surface area contributed by atoms with Crippen molar-refractivity contribution in [3.8, 4) is 11.5 Å². The lowest BCUT2D eigenvalue weighted by Crippen LogP contribution is -2.61. The summed E-state index contributed by atoms with van der Waals surface area (Å²) in [7, 11) is 2.98. The van der Waals surface area contributed by atoms with Crippen molar-refractivity contribution in [2.75, 3.05) is 63.4 Å². The van der Waals surface area contributed by atoms with E-state index in [0.717, 1.165) is 33.3 Å². The third kappa shape index (κ3) is 39.7. The fourth-order valence-electron chi connectivity index (χ4n) is 15.1. The summed E-state index contributed by atoms with van der Waals surface area (Å²) in [6.07, 6.45) is -2.37. The van der Waals surface area contributed by atoms with Gasteiger partial charge in [0.25, 0.3) is 0 Å². The van der Waals surface area contributed by atoms with Crippen LogP contribution >= 0.6 is 23.5 Å². The molecule has 4 saturated heterocycles. The largest absolute Gasteiger partial charge is 0.497 e. The van der Waals surface area contributed by atoms with Gasteiger partial charge in [-0.25, -0.2) is 0 Å². The summed E-state index contributed by atoms with van der Waals surface area (Å²) in [6.45, 7) is 3.28. The monoisotopic (exact) mass is 1980 g/mol. The van der Waals surface area contributed by atoms with Crippen LogP contribution in [-0.4, -0.2) is 288 Å². The number of amides is 22. The van der Waals surface area contributed by atoms with Gasteiger partial charge in [-0.1, -0.05) is 92.4 Å². The van der Waals surface area contributed by atoms with Crippen molar-refractivity contribution in [2.24, 2.45) is 58.1 Å². The second-order valence-corrected chi connectivity index (χ2v) is 36.6. The van der Waals surface area contributed by atoms with Crippen LogP contribution in [0.15, 0.2) is 48.5 Å². The number of rotatable bonds is 36. The van der Waals surface area contributed by atoms with Gasteiger partial charge in [0, 0.05) is 71.3 Å². The number of primary amides is 6. The molecular weight excluding hydrogens is 1840 g/mol. The minimum Gasteiger partial charge on any atom is -0.497 e. The molecule has 138 heavy (non-hydrogen) atoms. The average molecular weight is 1980 g/mol. The predicted octanol–water partition coefficient (Wildman–Crippen LogP) is -5.00. The van der Waals surface area contributed by atoms with Crippen molar-refractivity contribution in [1.82, 2.24) is 84.2 Å². The molecule has 2 aromatic carbocycles. The van der Waals surface area contributed by atoms with Crippen LogP contribution in [0.4, 0.5) is 0 Å². The molecule has 4 aliphatic rings. The van der Waals surface area contributed by atoms with Gasteiger partial charge in [0.05, 0.1) is 40.2 Å². The number of nitrogens with one attached hydrogen (secondary N) is 14. The minimum atomic E-state index is -2.53. The third-order valence-corrected chi connectivity index (χ3v) is 25.3. The summed E-state index contributed by atoms with van der Waals surface area (Å²) in [5, 5.41) is 35.5. The number of likely N-dealkylation sites (tertiary alicyclic amines) is 2. The molecule has 4 fully saturated rings. The fourth-order valence-corrected chi connectivity index (χ4v) is 17.1. The smallest absolute Gasteiger partial charge is 0.246 e. The van der Waals surface area contributed by atoms with E-state index in [9.17, 15) is 105 Å². The van der Waals surface area contributed by atoms with Gasteiger partial charge < -0.3 is 128 Å². The molecule has 18 atom stereocenters. The maximum absolute atomic E-state index is 14.5. The zero-order valence-electron chi connectivity index (χ0n) is 84.8. The highest BCUT2D eigenvalue weighted by Gasteiger charge is 2.45. The van der Waals surface area contributed by atoms with Gasteiger partial charge in [0.1, 0.15) is 96.1 Å². The number of benzene rings is 2. The Hall–Kier alpha value is -12.9. The lowest BCUT2D eigenvalue weighted by Gasteiger charge is -2.31. The first-order valence-electron chi connectivity index (χ1n) is 48.6. The Bertz CT molecular complexity index is 4570. The Kier molecular flexibility index (Phi) is 44.8. The zero-order valence-corrected chi connectivity index (χ0v) is 80.4. The second-order valence-electron chi connectivity index (χ2n) is 34.3. The van der Waals surface area contributed by atoms with E-state index in [0.29, 0.717) is 35.5 Å². The first-order chi connectivity index (χ1) is 67.7. The zero-order chi connectivity index (χ0) is 108. The number of methoxy groups -OCH3 is 2. The van der Waals surface area contributed by atoms with E-state index in [1.54, 1.807) is 76.2 Å². The number of hydrogen-bond acceptors (Lipinski definition) is 26. The van der Waals surface area contributed by atoms with Crippen LogP contribution < -0.4 is 118 Å². The van der Waals surface area contributed by atoms with Crippen molar-refractivity contribution in [3.63, 3.8) is 0 Å². The topological polar surface area (TPSA) is 725 Å². The van der Waals surface area contributed by atoms with Crippen LogP contribution in [0.2, 0.25) is 0 Å². The Balaban J connectivity index is 0.000000507. The Morgan fingerprint density at radius 2 is 0.761 bits per heavy atom. The van der Waals surface area contributed by atoms with E-state index in [2.05, 4.69) is 74.4 Å². The highest BCUT2D eigenvalue weighted by Crippen LogP contribution is 2.26. The van der Waals surface area contributed by atoms with Crippen LogP contribution in [-0.2, 0) is 118 Å². The molecule has 48 heteroatoms. The molecule has 6 rings (SSSR count). The van der Waals surface area contributed by atoms with E-state index in [-0.39, 0.29) is 113 Å². The number of hydrogen-bond donors (Lipinski definition) is 20. The van der Waals surface area contributed by atoms with Gasteiger partial charge >= 0.3 is 0 Å². The molecule has 0 saturated carbocycles. The number of thioether (sulfide) groups is 2. The molecule has 0 aliphatic carbocycles. The lowest BCUT2D eigenvalue weighted by atomic mass is 9.96. The van der Waals surface area contributed by atoms with Crippen molar-refractivity contribution in [2.45, 2.75) is 268 Å². The van der Waals surface area contributed by atoms with Gasteiger partial charge in [-0.2, -0.15) is 23.5 Å². The number of carbonyl (C=O) groups is 22. The lowest BCUT2D eigenvalue weighted by molar-refractivity contribution is -0.142. The third-order valence-electron chi connectivity index (χ3n) is 23.0. The number of nitrogens with two attached hydrogens (primary N) is 6. The quantitative estimate of drug-likeness (QED) is 0.0304. The molecule has 0 radical (unpaired) electrons. The van der Waals surface area contributed by atoms with Crippen molar-refractivity contribution in [1.29, 1.82) is 0 Å². The van der Waals surface area contributed by atoms with Crippen LogP contribution in [0, 0.1) is 23.7 Å². The minimum absolute atomic E-state index is 0.000426. The molecule has 0 bridgehead atoms. The van der Waals surface area contributed by atoms with E-state index in [1.165, 1.54) is 28.1 Å². The summed E-state index contributed by atoms with van der Waals surface area (Å²) in [4.78, 5) is 297. The molecular formula is C90H138N22O24S2. The molecule has 764 valence electrons. The van der Waals surface area contributed by atoms with Crippen molar-refractivity contribution < 1.29 is 123 Å². The van der Waals surface area contributed by atoms with E-state index >= 15 is 0 Å². The van der Waals surface area contributed by atoms with Gasteiger partial charge in [0.2, 0.25) is 130 Å². The predicted molar refractivity (Wildman–Crippen MR) is 506 cm³/mol. The van der Waals surface area contributed by atoms with Gasteiger partial charge in [0.15, 0.2) is 0 Å². The first kappa shape index (κ1) is 106. The molecule has 4 heterocycles. The highest BCUT2D eigenvalue weighted by atomic mass is 32.2. The molecule has 4 aliphatic heterocycles. The molecule has 2 unspecified atom stereocenters. The number of ether oxygens (including phenoxy) is 2. The summed E-state index contributed by atoms with van der Waals surface area (Å²) < 4.78 is 57.3. The molecule has 0 spiro atoms. The Labute approximate surface area is 818 Å².